The molecule has 1 aromatic heterocycles. The Morgan fingerprint density at radius 3 is 3.00 bits per heavy atom. The van der Waals surface area contributed by atoms with E-state index in [0.717, 1.165) is 47.2 Å². The first-order valence-corrected chi connectivity index (χ1v) is 7.58. The summed E-state index contributed by atoms with van der Waals surface area (Å²) in [6.45, 7) is 4.34. The number of fused-ring (bicyclic) bond motifs is 2. The number of aromatic nitrogens is 1. The molecular weight excluding hydrogens is 295 g/mol. The van der Waals surface area contributed by atoms with Crippen LogP contribution in [-0.4, -0.2) is 18.1 Å². The molecular formula is C15H16Cl2N2O. The number of pyridine rings is 1. The summed E-state index contributed by atoms with van der Waals surface area (Å²) in [5, 5.41) is 5.68. The maximum Gasteiger partial charge on any atom is 0.0913 e. The second-order valence-corrected chi connectivity index (χ2v) is 5.77. The van der Waals surface area contributed by atoms with Crippen molar-refractivity contribution in [3.63, 3.8) is 0 Å². The summed E-state index contributed by atoms with van der Waals surface area (Å²) >= 11 is 12.4. The lowest BCUT2D eigenvalue weighted by molar-refractivity contribution is 0.110. The smallest absolute Gasteiger partial charge is 0.0913 e. The van der Waals surface area contributed by atoms with Crippen LogP contribution in [-0.2, 0) is 17.8 Å². The Balaban J connectivity index is 2.27. The van der Waals surface area contributed by atoms with Crippen molar-refractivity contribution in [2.45, 2.75) is 26.4 Å². The van der Waals surface area contributed by atoms with Crippen LogP contribution in [0.25, 0.3) is 10.9 Å². The fraction of sp³-hybridized carbons (Fsp3) is 0.400. The predicted molar refractivity (Wildman–Crippen MR) is 83.9 cm³/mol. The molecule has 0 aliphatic carbocycles. The molecule has 5 heteroatoms. The van der Waals surface area contributed by atoms with Crippen LogP contribution in [0.5, 0.6) is 0 Å². The highest BCUT2D eigenvalue weighted by atomic mass is 35.5. The molecule has 3 rings (SSSR count). The first kappa shape index (κ1) is 13.9. The molecule has 0 radical (unpaired) electrons. The summed E-state index contributed by atoms with van der Waals surface area (Å²) in [7, 11) is 0. The van der Waals surface area contributed by atoms with Crippen LogP contribution < -0.4 is 5.32 Å². The van der Waals surface area contributed by atoms with E-state index in [0.29, 0.717) is 23.3 Å². The van der Waals surface area contributed by atoms with Crippen molar-refractivity contribution in [3.8, 4) is 0 Å². The van der Waals surface area contributed by atoms with E-state index < -0.39 is 0 Å². The van der Waals surface area contributed by atoms with Gasteiger partial charge in [0.15, 0.2) is 0 Å². The number of hydrogen-bond donors (Lipinski definition) is 1. The molecule has 1 aromatic carbocycles. The minimum absolute atomic E-state index is 0.592. The van der Waals surface area contributed by atoms with Crippen molar-refractivity contribution in [3.05, 3.63) is 33.4 Å². The van der Waals surface area contributed by atoms with Crippen molar-refractivity contribution in [1.82, 2.24) is 4.98 Å². The van der Waals surface area contributed by atoms with E-state index in [9.17, 15) is 0 Å². The van der Waals surface area contributed by atoms with Gasteiger partial charge in [-0.05, 0) is 18.6 Å². The third-order valence-corrected chi connectivity index (χ3v) is 3.98. The van der Waals surface area contributed by atoms with Crippen LogP contribution in [0.3, 0.4) is 0 Å². The molecule has 2 heterocycles. The molecule has 1 aliphatic rings. The largest absolute Gasteiger partial charge is 0.384 e. The number of nitrogens with one attached hydrogen (secondary N) is 1. The number of ether oxygens (including phenoxy) is 1. The molecule has 0 spiro atoms. The lowest BCUT2D eigenvalue weighted by Crippen LogP contribution is -2.16. The molecule has 0 unspecified atom stereocenters. The topological polar surface area (TPSA) is 34.2 Å². The van der Waals surface area contributed by atoms with E-state index in [1.807, 2.05) is 6.07 Å². The zero-order chi connectivity index (χ0) is 14.1. The Bertz CT molecular complexity index is 658. The Morgan fingerprint density at radius 2 is 2.20 bits per heavy atom. The average molecular weight is 311 g/mol. The van der Waals surface area contributed by atoms with Gasteiger partial charge in [0.1, 0.15) is 0 Å². The average Bonchev–Trinajstić information content (AvgIpc) is 2.44. The number of hydrogen-bond acceptors (Lipinski definition) is 3. The highest BCUT2D eigenvalue weighted by molar-refractivity contribution is 6.38. The Hall–Kier alpha value is -1.03. The SMILES string of the molecule is CCCNc1c2c(nc3c(Cl)cc(Cl)cc13)CCOC2. The predicted octanol–water partition coefficient (Wildman–Crippen LogP) is 4.44. The molecule has 0 saturated heterocycles. The second kappa shape index (κ2) is 5.76. The number of anilines is 1. The van der Waals surface area contributed by atoms with E-state index in [-0.39, 0.29) is 0 Å². The van der Waals surface area contributed by atoms with Gasteiger partial charge in [0.25, 0.3) is 0 Å². The van der Waals surface area contributed by atoms with Gasteiger partial charge in [-0.25, -0.2) is 0 Å². The number of halogens is 2. The number of nitrogens with zero attached hydrogens (tertiary/aromatic N) is 1. The fourth-order valence-electron chi connectivity index (χ4n) is 2.54. The highest BCUT2D eigenvalue weighted by Crippen LogP contribution is 2.36. The quantitative estimate of drug-likeness (QED) is 0.910. The monoisotopic (exact) mass is 310 g/mol. The van der Waals surface area contributed by atoms with Crippen molar-refractivity contribution in [2.24, 2.45) is 0 Å². The zero-order valence-electron chi connectivity index (χ0n) is 11.3. The van der Waals surface area contributed by atoms with Crippen molar-refractivity contribution < 1.29 is 4.74 Å². The fourth-order valence-corrected chi connectivity index (χ4v) is 3.07. The summed E-state index contributed by atoms with van der Waals surface area (Å²) in [6, 6.07) is 3.66. The molecule has 0 saturated carbocycles. The standard InChI is InChI=1S/C15H16Cl2N2O/c1-2-4-18-14-10-6-9(16)7-12(17)15(10)19-13-3-5-20-8-11(13)14/h6-7H,2-5,8H2,1H3,(H,18,19). The summed E-state index contributed by atoms with van der Waals surface area (Å²) in [6.07, 6.45) is 1.87. The number of rotatable bonds is 3. The van der Waals surface area contributed by atoms with E-state index in [1.54, 1.807) is 6.07 Å². The van der Waals surface area contributed by atoms with Crippen LogP contribution in [0.2, 0.25) is 10.0 Å². The van der Waals surface area contributed by atoms with Gasteiger partial charge < -0.3 is 10.1 Å². The Labute approximate surface area is 128 Å². The van der Waals surface area contributed by atoms with Crippen molar-refractivity contribution >= 4 is 39.8 Å². The summed E-state index contributed by atoms with van der Waals surface area (Å²) in [5.74, 6) is 0. The molecule has 0 fully saturated rings. The van der Waals surface area contributed by atoms with Gasteiger partial charge in [-0.15, -0.1) is 0 Å². The molecule has 2 aromatic rings. The van der Waals surface area contributed by atoms with Gasteiger partial charge in [-0.3, -0.25) is 4.98 Å². The van der Waals surface area contributed by atoms with Crippen LogP contribution >= 0.6 is 23.2 Å². The van der Waals surface area contributed by atoms with Crippen molar-refractivity contribution in [1.29, 1.82) is 0 Å². The maximum atomic E-state index is 6.30. The maximum absolute atomic E-state index is 6.30. The Kier molecular flexibility index (Phi) is 4.01. The summed E-state index contributed by atoms with van der Waals surface area (Å²) < 4.78 is 5.58. The van der Waals surface area contributed by atoms with Crippen LogP contribution in [0, 0.1) is 0 Å². The van der Waals surface area contributed by atoms with E-state index in [1.165, 1.54) is 0 Å². The first-order chi connectivity index (χ1) is 9.70. The Morgan fingerprint density at radius 1 is 1.35 bits per heavy atom. The molecule has 0 atom stereocenters. The van der Waals surface area contributed by atoms with E-state index in [4.69, 9.17) is 32.9 Å². The van der Waals surface area contributed by atoms with Gasteiger partial charge in [0.2, 0.25) is 0 Å². The normalized spacial score (nSPS) is 14.3. The molecule has 0 amide bonds. The highest BCUT2D eigenvalue weighted by Gasteiger charge is 2.19. The minimum Gasteiger partial charge on any atom is -0.384 e. The molecule has 1 aliphatic heterocycles. The van der Waals surface area contributed by atoms with Gasteiger partial charge >= 0.3 is 0 Å². The third kappa shape index (κ3) is 2.46. The second-order valence-electron chi connectivity index (χ2n) is 4.93. The van der Waals surface area contributed by atoms with Crippen LogP contribution in [0.15, 0.2) is 12.1 Å². The molecule has 1 N–H and O–H groups in total. The van der Waals surface area contributed by atoms with Gasteiger partial charge in [-0.2, -0.15) is 0 Å². The molecule has 106 valence electrons. The molecule has 20 heavy (non-hydrogen) atoms. The lowest BCUT2D eigenvalue weighted by atomic mass is 10.0. The van der Waals surface area contributed by atoms with Crippen molar-refractivity contribution in [2.75, 3.05) is 18.5 Å². The third-order valence-electron chi connectivity index (χ3n) is 3.48. The first-order valence-electron chi connectivity index (χ1n) is 6.82. The lowest BCUT2D eigenvalue weighted by Gasteiger charge is -2.22. The summed E-state index contributed by atoms with van der Waals surface area (Å²) in [4.78, 5) is 4.71. The minimum atomic E-state index is 0.592. The van der Waals surface area contributed by atoms with E-state index >= 15 is 0 Å². The van der Waals surface area contributed by atoms with Gasteiger partial charge in [-0.1, -0.05) is 30.1 Å². The molecule has 3 nitrogen and oxygen atoms in total. The zero-order valence-corrected chi connectivity index (χ0v) is 12.8. The summed E-state index contributed by atoms with van der Waals surface area (Å²) in [5.41, 5.74) is 4.09. The van der Waals surface area contributed by atoms with E-state index in [2.05, 4.69) is 12.2 Å². The van der Waals surface area contributed by atoms with Gasteiger partial charge in [0, 0.05) is 28.9 Å². The van der Waals surface area contributed by atoms with Gasteiger partial charge in [0.05, 0.1) is 35.1 Å². The number of benzene rings is 1. The van der Waals surface area contributed by atoms with Crippen LogP contribution in [0.4, 0.5) is 5.69 Å². The van der Waals surface area contributed by atoms with Crippen LogP contribution in [0.1, 0.15) is 24.6 Å². The molecule has 0 bridgehead atoms.